The van der Waals surface area contributed by atoms with Crippen LogP contribution in [0.25, 0.3) is 0 Å². The number of sulfonamides is 1. The Kier molecular flexibility index (Phi) is 11.9. The van der Waals surface area contributed by atoms with Gasteiger partial charge >= 0.3 is 0 Å². The van der Waals surface area contributed by atoms with Crippen molar-refractivity contribution in [3.05, 3.63) is 76.3 Å². The second-order valence-electron chi connectivity index (χ2n) is 9.30. The zero-order valence-electron chi connectivity index (χ0n) is 24.6. The molecule has 0 aromatic heterocycles. The summed E-state index contributed by atoms with van der Waals surface area (Å²) in [5, 5.41) is 3.34. The number of carbonyl (C=O) groups is 2. The Morgan fingerprint density at radius 2 is 1.58 bits per heavy atom. The van der Waals surface area contributed by atoms with Crippen molar-refractivity contribution in [2.45, 2.75) is 38.3 Å². The molecule has 0 radical (unpaired) electrons. The van der Waals surface area contributed by atoms with Crippen LogP contribution < -0.4 is 23.8 Å². The number of methoxy groups -OCH3 is 2. The molecule has 1 N–H and O–H groups in total. The molecule has 0 aliphatic rings. The van der Waals surface area contributed by atoms with Crippen LogP contribution in [0.2, 0.25) is 10.0 Å². The topological polar surface area (TPSA) is 114 Å². The van der Waals surface area contributed by atoms with Gasteiger partial charge in [-0.15, -0.1) is 0 Å². The van der Waals surface area contributed by atoms with Crippen molar-refractivity contribution in [2.75, 3.05) is 38.2 Å². The molecule has 0 spiro atoms. The van der Waals surface area contributed by atoms with Crippen molar-refractivity contribution in [2.24, 2.45) is 0 Å². The standard InChI is InChI=1S/C30H35Cl2N3O7S/c1-6-33-30(37)20(3)34(18-21-8-14-25(31)26(32)16-21)29(36)19-35(22-9-11-23(12-10-22)42-7-2)43(38,39)24-13-15-27(40-4)28(17-24)41-5/h8-17,20H,6-7,18-19H2,1-5H3,(H,33,37)/t20-/m1/s1. The molecule has 3 rings (SSSR count). The van der Waals surface area contributed by atoms with Gasteiger partial charge in [0.05, 0.1) is 41.5 Å². The second-order valence-corrected chi connectivity index (χ2v) is 12.0. The summed E-state index contributed by atoms with van der Waals surface area (Å²) in [6, 6.07) is 14.4. The highest BCUT2D eigenvalue weighted by atomic mass is 35.5. The van der Waals surface area contributed by atoms with Crippen LogP contribution in [0.5, 0.6) is 17.2 Å². The average molecular weight is 653 g/mol. The Labute approximate surface area is 262 Å². The third-order valence-corrected chi connectivity index (χ3v) is 9.02. The Hall–Kier alpha value is -3.67. The lowest BCUT2D eigenvalue weighted by molar-refractivity contribution is -0.139. The molecule has 10 nitrogen and oxygen atoms in total. The van der Waals surface area contributed by atoms with Crippen molar-refractivity contribution >= 4 is 50.7 Å². The number of nitrogens with zero attached hydrogens (tertiary/aromatic N) is 2. The van der Waals surface area contributed by atoms with Crippen molar-refractivity contribution < 1.29 is 32.2 Å². The van der Waals surface area contributed by atoms with E-state index in [-0.39, 0.29) is 27.9 Å². The molecule has 13 heteroatoms. The molecular weight excluding hydrogens is 617 g/mol. The lowest BCUT2D eigenvalue weighted by atomic mass is 10.1. The highest BCUT2D eigenvalue weighted by Crippen LogP contribution is 2.33. The van der Waals surface area contributed by atoms with E-state index in [1.54, 1.807) is 56.3 Å². The van der Waals surface area contributed by atoms with Crippen LogP contribution in [-0.4, -0.2) is 65.1 Å². The smallest absolute Gasteiger partial charge is 0.264 e. The third kappa shape index (κ3) is 8.25. The summed E-state index contributed by atoms with van der Waals surface area (Å²) in [4.78, 5) is 28.1. The molecule has 2 amide bonds. The number of carbonyl (C=O) groups excluding carboxylic acids is 2. The summed E-state index contributed by atoms with van der Waals surface area (Å²) in [5.74, 6) is 0.0579. The van der Waals surface area contributed by atoms with E-state index in [9.17, 15) is 18.0 Å². The van der Waals surface area contributed by atoms with Crippen molar-refractivity contribution in [3.63, 3.8) is 0 Å². The number of amides is 2. The summed E-state index contributed by atoms with van der Waals surface area (Å²) in [6.07, 6.45) is 0. The summed E-state index contributed by atoms with van der Waals surface area (Å²) in [6.45, 7) is 5.30. The summed E-state index contributed by atoms with van der Waals surface area (Å²) in [7, 11) is -1.50. The molecule has 0 bridgehead atoms. The average Bonchev–Trinajstić information content (AvgIpc) is 3.00. The summed E-state index contributed by atoms with van der Waals surface area (Å²) >= 11 is 12.3. The molecule has 0 saturated carbocycles. The van der Waals surface area contributed by atoms with Crippen LogP contribution in [0, 0.1) is 0 Å². The molecule has 0 aliphatic heterocycles. The molecule has 0 aliphatic carbocycles. The van der Waals surface area contributed by atoms with Gasteiger partial charge in [-0.25, -0.2) is 8.42 Å². The first kappa shape index (κ1) is 33.8. The summed E-state index contributed by atoms with van der Waals surface area (Å²) < 4.78 is 45.3. The van der Waals surface area contributed by atoms with Crippen LogP contribution in [0.15, 0.2) is 65.6 Å². The van der Waals surface area contributed by atoms with Gasteiger partial charge in [-0.1, -0.05) is 29.3 Å². The van der Waals surface area contributed by atoms with Crippen molar-refractivity contribution in [3.8, 4) is 17.2 Å². The van der Waals surface area contributed by atoms with Gasteiger partial charge in [0, 0.05) is 19.2 Å². The molecule has 0 heterocycles. The van der Waals surface area contributed by atoms with Gasteiger partial charge < -0.3 is 24.4 Å². The maximum Gasteiger partial charge on any atom is 0.264 e. The first-order valence-electron chi connectivity index (χ1n) is 13.4. The predicted octanol–water partition coefficient (Wildman–Crippen LogP) is 5.16. The normalized spacial score (nSPS) is 11.8. The zero-order chi connectivity index (χ0) is 31.7. The van der Waals surface area contributed by atoms with Crippen LogP contribution in [0.1, 0.15) is 26.3 Å². The Morgan fingerprint density at radius 3 is 2.16 bits per heavy atom. The fraction of sp³-hybridized carbons (Fsp3) is 0.333. The first-order valence-corrected chi connectivity index (χ1v) is 15.6. The minimum atomic E-state index is -4.34. The van der Waals surface area contributed by atoms with Gasteiger partial charge in [-0.2, -0.15) is 0 Å². The largest absolute Gasteiger partial charge is 0.494 e. The fourth-order valence-corrected chi connectivity index (χ4v) is 6.00. The van der Waals surface area contributed by atoms with Gasteiger partial charge in [0.25, 0.3) is 10.0 Å². The lowest BCUT2D eigenvalue weighted by Gasteiger charge is -2.32. The third-order valence-electron chi connectivity index (χ3n) is 6.51. The van der Waals surface area contributed by atoms with E-state index in [1.165, 1.54) is 37.3 Å². The SMILES string of the molecule is CCNC(=O)[C@@H](C)N(Cc1ccc(Cl)c(Cl)c1)C(=O)CN(c1ccc(OCC)cc1)S(=O)(=O)c1ccc(OC)c(OC)c1. The van der Waals surface area contributed by atoms with Gasteiger partial charge in [0.2, 0.25) is 11.8 Å². The number of nitrogens with one attached hydrogen (secondary N) is 1. The molecule has 0 unspecified atom stereocenters. The zero-order valence-corrected chi connectivity index (χ0v) is 26.9. The van der Waals surface area contributed by atoms with Gasteiger partial charge in [-0.3, -0.25) is 13.9 Å². The van der Waals surface area contributed by atoms with Crippen LogP contribution in [0.3, 0.4) is 0 Å². The number of rotatable bonds is 14. The van der Waals surface area contributed by atoms with Gasteiger partial charge in [0.15, 0.2) is 11.5 Å². The number of ether oxygens (including phenoxy) is 3. The van der Waals surface area contributed by atoms with Crippen molar-refractivity contribution in [1.82, 2.24) is 10.2 Å². The van der Waals surface area contributed by atoms with E-state index in [1.807, 2.05) is 6.92 Å². The fourth-order valence-electron chi connectivity index (χ4n) is 4.25. The lowest BCUT2D eigenvalue weighted by Crippen LogP contribution is -2.51. The first-order chi connectivity index (χ1) is 20.5. The number of halogens is 2. The monoisotopic (exact) mass is 651 g/mol. The van der Waals surface area contributed by atoms with Crippen molar-refractivity contribution in [1.29, 1.82) is 0 Å². The quantitative estimate of drug-likeness (QED) is 0.256. The summed E-state index contributed by atoms with van der Waals surface area (Å²) in [5.41, 5.74) is 0.820. The molecule has 43 heavy (non-hydrogen) atoms. The molecule has 0 fully saturated rings. The second kappa shape index (κ2) is 15.2. The minimum Gasteiger partial charge on any atom is -0.494 e. The number of hydrogen-bond acceptors (Lipinski definition) is 7. The number of likely N-dealkylation sites (N-methyl/N-ethyl adjacent to an activating group) is 1. The van der Waals surface area contributed by atoms with Gasteiger partial charge in [-0.05, 0) is 74.9 Å². The molecule has 3 aromatic carbocycles. The minimum absolute atomic E-state index is 0.0262. The van der Waals surface area contributed by atoms with E-state index >= 15 is 0 Å². The molecular formula is C30H35Cl2N3O7S. The molecule has 3 aromatic rings. The van der Waals surface area contributed by atoms with Crippen LogP contribution >= 0.6 is 23.2 Å². The van der Waals surface area contributed by atoms with E-state index < -0.39 is 34.4 Å². The Balaban J connectivity index is 2.09. The molecule has 1 atom stereocenters. The van der Waals surface area contributed by atoms with E-state index in [0.29, 0.717) is 35.2 Å². The van der Waals surface area contributed by atoms with Gasteiger partial charge in [0.1, 0.15) is 18.3 Å². The van der Waals surface area contributed by atoms with Crippen LogP contribution in [-0.2, 0) is 26.2 Å². The highest BCUT2D eigenvalue weighted by molar-refractivity contribution is 7.92. The maximum absolute atomic E-state index is 14.1. The van der Waals surface area contributed by atoms with E-state index in [4.69, 9.17) is 37.4 Å². The van der Waals surface area contributed by atoms with E-state index in [2.05, 4.69) is 5.32 Å². The maximum atomic E-state index is 14.1. The van der Waals surface area contributed by atoms with E-state index in [0.717, 1.165) is 4.31 Å². The number of anilines is 1. The molecule has 0 saturated heterocycles. The Bertz CT molecular complexity index is 1540. The Morgan fingerprint density at radius 1 is 0.907 bits per heavy atom. The molecule has 232 valence electrons. The van der Waals surface area contributed by atoms with Crippen LogP contribution in [0.4, 0.5) is 5.69 Å². The number of hydrogen-bond donors (Lipinski definition) is 1. The predicted molar refractivity (Wildman–Crippen MR) is 167 cm³/mol. The highest BCUT2D eigenvalue weighted by Gasteiger charge is 2.33. The number of benzene rings is 3.